The maximum absolute atomic E-state index is 11.9. The lowest BCUT2D eigenvalue weighted by Gasteiger charge is -2.39. The van der Waals surface area contributed by atoms with Crippen LogP contribution in [0.3, 0.4) is 0 Å². The van der Waals surface area contributed by atoms with Crippen molar-refractivity contribution >= 4 is 5.97 Å². The highest BCUT2D eigenvalue weighted by Gasteiger charge is 2.42. The third-order valence-electron chi connectivity index (χ3n) is 2.97. The predicted octanol–water partition coefficient (Wildman–Crippen LogP) is 1.82. The fourth-order valence-corrected chi connectivity index (χ4v) is 0.956. The first-order valence-electron chi connectivity index (χ1n) is 4.80. The van der Waals surface area contributed by atoms with Gasteiger partial charge in [-0.15, -0.1) is 0 Å². The number of hydrogen-bond donors (Lipinski definition) is 2. The van der Waals surface area contributed by atoms with Gasteiger partial charge in [0.05, 0.1) is 12.1 Å². The molecule has 0 aliphatic carbocycles. The third kappa shape index (κ3) is 2.94. The van der Waals surface area contributed by atoms with E-state index in [1.807, 2.05) is 13.8 Å². The van der Waals surface area contributed by atoms with Crippen molar-refractivity contribution in [3.05, 3.63) is 0 Å². The Bertz CT molecular complexity index is 202. The number of aliphatic carboxylic acids is 1. The molecule has 0 unspecified atom stereocenters. The molecule has 0 atom stereocenters. The van der Waals surface area contributed by atoms with Gasteiger partial charge in [-0.1, -0.05) is 0 Å². The van der Waals surface area contributed by atoms with E-state index in [0.717, 1.165) is 0 Å². The van der Waals surface area contributed by atoms with Gasteiger partial charge in [0.15, 0.2) is 0 Å². The van der Waals surface area contributed by atoms with Gasteiger partial charge in [-0.05, 0) is 40.7 Å². The highest BCUT2D eigenvalue weighted by atomic mass is 19.1. The molecular weight excluding hydrogens is 185 g/mol. The topological polar surface area (TPSA) is 49.3 Å². The van der Waals surface area contributed by atoms with Crippen molar-refractivity contribution in [2.45, 2.75) is 39.7 Å². The first kappa shape index (κ1) is 13.4. The summed E-state index contributed by atoms with van der Waals surface area (Å²) in [6.45, 7) is 7.09. The molecule has 0 rings (SSSR count). The highest BCUT2D eigenvalue weighted by molar-refractivity contribution is 5.75. The van der Waals surface area contributed by atoms with Crippen LogP contribution in [0, 0.1) is 5.41 Å². The maximum Gasteiger partial charge on any atom is 0.310 e. The largest absolute Gasteiger partial charge is 0.481 e. The van der Waals surface area contributed by atoms with E-state index >= 15 is 0 Å². The van der Waals surface area contributed by atoms with E-state index in [9.17, 15) is 9.18 Å². The van der Waals surface area contributed by atoms with Crippen molar-refractivity contribution in [2.75, 3.05) is 13.2 Å². The van der Waals surface area contributed by atoms with Crippen LogP contribution < -0.4 is 5.32 Å². The van der Waals surface area contributed by atoms with Gasteiger partial charge >= 0.3 is 5.97 Å². The molecule has 14 heavy (non-hydrogen) atoms. The number of alkyl halides is 1. The van der Waals surface area contributed by atoms with Gasteiger partial charge in [0.25, 0.3) is 0 Å². The van der Waals surface area contributed by atoms with Gasteiger partial charge in [0.2, 0.25) is 0 Å². The zero-order valence-electron chi connectivity index (χ0n) is 9.35. The van der Waals surface area contributed by atoms with Crippen molar-refractivity contribution in [1.29, 1.82) is 0 Å². The van der Waals surface area contributed by atoms with E-state index < -0.39 is 16.9 Å². The monoisotopic (exact) mass is 205 g/mol. The minimum Gasteiger partial charge on any atom is -0.481 e. The number of carbonyl (C=O) groups is 1. The van der Waals surface area contributed by atoms with Crippen LogP contribution >= 0.6 is 0 Å². The van der Waals surface area contributed by atoms with E-state index in [0.29, 0.717) is 13.0 Å². The van der Waals surface area contributed by atoms with Gasteiger partial charge in [-0.3, -0.25) is 9.18 Å². The van der Waals surface area contributed by atoms with Crippen LogP contribution in [0.1, 0.15) is 34.1 Å². The minimum absolute atomic E-state index is 0.378. The molecule has 84 valence electrons. The quantitative estimate of drug-likeness (QED) is 0.650. The summed E-state index contributed by atoms with van der Waals surface area (Å²) in [7, 11) is 0. The standard InChI is InChI=1S/C10H20FNO2/c1-9(2,8(13)14)10(3,4)12-7-5-6-11/h12H,5-7H2,1-4H3,(H,13,14). The maximum atomic E-state index is 11.9. The summed E-state index contributed by atoms with van der Waals surface area (Å²) in [6, 6.07) is 0. The van der Waals surface area contributed by atoms with Crippen molar-refractivity contribution in [2.24, 2.45) is 5.41 Å². The van der Waals surface area contributed by atoms with Crippen LogP contribution in [0.15, 0.2) is 0 Å². The molecule has 0 bridgehead atoms. The van der Waals surface area contributed by atoms with E-state index in [-0.39, 0.29) is 6.67 Å². The predicted molar refractivity (Wildman–Crippen MR) is 54.1 cm³/mol. The molecule has 2 N–H and O–H groups in total. The fraction of sp³-hybridized carbons (Fsp3) is 0.900. The second-order valence-electron chi connectivity index (χ2n) is 4.52. The summed E-state index contributed by atoms with van der Waals surface area (Å²) in [4.78, 5) is 11.0. The first-order valence-corrected chi connectivity index (χ1v) is 4.80. The van der Waals surface area contributed by atoms with Crippen molar-refractivity contribution in [3.8, 4) is 0 Å². The number of halogens is 1. The van der Waals surface area contributed by atoms with Crippen LogP contribution in [-0.2, 0) is 4.79 Å². The first-order chi connectivity index (χ1) is 6.25. The molecule has 0 saturated heterocycles. The van der Waals surface area contributed by atoms with Crippen molar-refractivity contribution in [3.63, 3.8) is 0 Å². The molecule has 0 aromatic rings. The summed E-state index contributed by atoms with van der Waals surface area (Å²) < 4.78 is 11.9. The van der Waals surface area contributed by atoms with Gasteiger partial charge in [-0.25, -0.2) is 0 Å². The van der Waals surface area contributed by atoms with Crippen LogP contribution in [0.2, 0.25) is 0 Å². The van der Waals surface area contributed by atoms with Gasteiger partial charge in [0.1, 0.15) is 0 Å². The lowest BCUT2D eigenvalue weighted by molar-refractivity contribution is -0.151. The molecule has 0 spiro atoms. The van der Waals surface area contributed by atoms with Gasteiger partial charge in [-0.2, -0.15) is 0 Å². The molecular formula is C10H20FNO2. The molecule has 0 aromatic carbocycles. The van der Waals surface area contributed by atoms with Crippen LogP contribution in [0.4, 0.5) is 4.39 Å². The van der Waals surface area contributed by atoms with E-state index in [1.54, 1.807) is 13.8 Å². The fourth-order valence-electron chi connectivity index (χ4n) is 0.956. The summed E-state index contributed by atoms with van der Waals surface area (Å²) in [6.07, 6.45) is 0.416. The molecule has 0 aliphatic heterocycles. The molecule has 0 fully saturated rings. The van der Waals surface area contributed by atoms with Crippen molar-refractivity contribution in [1.82, 2.24) is 5.32 Å². The summed E-state index contributed by atoms with van der Waals surface area (Å²) in [5.74, 6) is -0.852. The zero-order valence-corrected chi connectivity index (χ0v) is 9.35. The van der Waals surface area contributed by atoms with E-state index in [2.05, 4.69) is 5.32 Å². The number of carboxylic acid groups (broad SMARTS) is 1. The van der Waals surface area contributed by atoms with Gasteiger partial charge in [0, 0.05) is 5.54 Å². The molecule has 0 radical (unpaired) electrons. The molecule has 0 aliphatic rings. The lowest BCUT2D eigenvalue weighted by atomic mass is 9.74. The normalized spacial score (nSPS) is 12.9. The smallest absolute Gasteiger partial charge is 0.310 e. The Morgan fingerprint density at radius 3 is 2.21 bits per heavy atom. The van der Waals surface area contributed by atoms with E-state index in [4.69, 9.17) is 5.11 Å². The second-order valence-corrected chi connectivity index (χ2v) is 4.52. The number of carboxylic acids is 1. The lowest BCUT2D eigenvalue weighted by Crippen LogP contribution is -2.55. The van der Waals surface area contributed by atoms with Crippen LogP contribution in [0.5, 0.6) is 0 Å². The molecule has 0 amide bonds. The molecule has 4 heteroatoms. The molecule has 3 nitrogen and oxygen atoms in total. The summed E-state index contributed by atoms with van der Waals surface area (Å²) >= 11 is 0. The Kier molecular flexibility index (Phi) is 4.52. The summed E-state index contributed by atoms with van der Waals surface area (Å²) in [5, 5.41) is 12.1. The minimum atomic E-state index is -0.872. The number of hydrogen-bond acceptors (Lipinski definition) is 2. The van der Waals surface area contributed by atoms with E-state index in [1.165, 1.54) is 0 Å². The summed E-state index contributed by atoms with van der Waals surface area (Å²) in [5.41, 5.74) is -1.42. The third-order valence-corrected chi connectivity index (χ3v) is 2.97. The Morgan fingerprint density at radius 2 is 1.86 bits per heavy atom. The Labute approximate surface area is 84.7 Å². The SMILES string of the molecule is CC(C)(NCCCF)C(C)(C)C(=O)O. The number of rotatable bonds is 6. The Hall–Kier alpha value is -0.640. The molecule has 0 saturated carbocycles. The zero-order chi connectivity index (χ0) is 11.4. The average Bonchev–Trinajstić information content (AvgIpc) is 2.04. The Balaban J connectivity index is 4.36. The molecule has 0 heterocycles. The Morgan fingerprint density at radius 1 is 1.36 bits per heavy atom. The second kappa shape index (κ2) is 4.73. The molecule has 0 aromatic heterocycles. The number of nitrogens with one attached hydrogen (secondary N) is 1. The van der Waals surface area contributed by atoms with Crippen molar-refractivity contribution < 1.29 is 14.3 Å². The highest BCUT2D eigenvalue weighted by Crippen LogP contribution is 2.30. The van der Waals surface area contributed by atoms with Gasteiger partial charge < -0.3 is 10.4 Å². The van der Waals surface area contributed by atoms with Crippen LogP contribution in [0.25, 0.3) is 0 Å². The van der Waals surface area contributed by atoms with Crippen LogP contribution in [-0.4, -0.2) is 29.8 Å². The average molecular weight is 205 g/mol.